The highest BCUT2D eigenvalue weighted by Crippen LogP contribution is 2.31. The lowest BCUT2D eigenvalue weighted by Crippen LogP contribution is -2.12. The molecule has 2 N–H and O–H groups in total. The van der Waals surface area contributed by atoms with Gasteiger partial charge in [0.1, 0.15) is 17.5 Å². The lowest BCUT2D eigenvalue weighted by molar-refractivity contribution is 0.564. The van der Waals surface area contributed by atoms with Gasteiger partial charge in [0.15, 0.2) is 0 Å². The van der Waals surface area contributed by atoms with Crippen LogP contribution in [0.4, 0.5) is 13.2 Å². The summed E-state index contributed by atoms with van der Waals surface area (Å²) in [5.74, 6) is -1.51. The van der Waals surface area contributed by atoms with Crippen LogP contribution in [0.3, 0.4) is 0 Å². The minimum absolute atomic E-state index is 0.265. The Bertz CT molecular complexity index is 797. The molecule has 1 atom stereocenters. The predicted molar refractivity (Wildman–Crippen MR) is 78.8 cm³/mol. The van der Waals surface area contributed by atoms with Crippen LogP contribution in [0.1, 0.15) is 16.5 Å². The first kappa shape index (κ1) is 14.1. The van der Waals surface area contributed by atoms with Crippen molar-refractivity contribution in [2.24, 2.45) is 5.73 Å². The van der Waals surface area contributed by atoms with E-state index in [0.29, 0.717) is 5.56 Å². The largest absolute Gasteiger partial charge is 0.323 e. The highest BCUT2D eigenvalue weighted by atomic mass is 32.1. The number of nitrogens with two attached hydrogens (primary N) is 1. The van der Waals surface area contributed by atoms with Crippen LogP contribution in [-0.2, 0) is 6.42 Å². The summed E-state index contributed by atoms with van der Waals surface area (Å²) in [5.41, 5.74) is 6.46. The van der Waals surface area contributed by atoms with Gasteiger partial charge in [0.25, 0.3) is 0 Å². The van der Waals surface area contributed by atoms with Crippen molar-refractivity contribution in [3.05, 3.63) is 70.4 Å². The first-order valence-corrected chi connectivity index (χ1v) is 7.23. The van der Waals surface area contributed by atoms with Gasteiger partial charge < -0.3 is 5.73 Å². The molecule has 3 rings (SSSR count). The van der Waals surface area contributed by atoms with Gasteiger partial charge in [-0.3, -0.25) is 0 Å². The maximum Gasteiger partial charge on any atom is 0.129 e. The summed E-state index contributed by atoms with van der Waals surface area (Å²) < 4.78 is 40.5. The smallest absolute Gasteiger partial charge is 0.129 e. The zero-order valence-corrected chi connectivity index (χ0v) is 11.8. The summed E-state index contributed by atoms with van der Waals surface area (Å²) in [7, 11) is 0. The van der Waals surface area contributed by atoms with E-state index in [1.807, 2.05) is 6.07 Å². The van der Waals surface area contributed by atoms with E-state index in [9.17, 15) is 13.2 Å². The average Bonchev–Trinajstić information content (AvgIpc) is 2.85. The van der Waals surface area contributed by atoms with Crippen molar-refractivity contribution < 1.29 is 13.2 Å². The van der Waals surface area contributed by atoms with Gasteiger partial charge in [-0.05, 0) is 41.6 Å². The molecule has 0 aliphatic rings. The third-order valence-corrected chi connectivity index (χ3v) is 4.55. The monoisotopic (exact) mass is 307 g/mol. The van der Waals surface area contributed by atoms with E-state index in [1.54, 1.807) is 6.07 Å². The summed E-state index contributed by atoms with van der Waals surface area (Å²) >= 11 is 1.39. The summed E-state index contributed by atoms with van der Waals surface area (Å²) in [6.07, 6.45) is 0.265. The maximum absolute atomic E-state index is 13.6. The van der Waals surface area contributed by atoms with Crippen LogP contribution in [0, 0.1) is 17.5 Å². The van der Waals surface area contributed by atoms with E-state index in [-0.39, 0.29) is 12.2 Å². The second-order valence-corrected chi connectivity index (χ2v) is 5.99. The lowest BCUT2D eigenvalue weighted by atomic mass is 10.0. The Balaban J connectivity index is 1.87. The molecular weight excluding hydrogens is 295 g/mol. The van der Waals surface area contributed by atoms with Crippen LogP contribution in [0.15, 0.2) is 42.5 Å². The Morgan fingerprint density at radius 2 is 1.67 bits per heavy atom. The van der Waals surface area contributed by atoms with Crippen LogP contribution in [-0.4, -0.2) is 0 Å². The minimum atomic E-state index is -0.609. The minimum Gasteiger partial charge on any atom is -0.323 e. The molecule has 1 unspecified atom stereocenters. The molecule has 0 bridgehead atoms. The van der Waals surface area contributed by atoms with Crippen molar-refractivity contribution in [1.82, 2.24) is 0 Å². The molecule has 21 heavy (non-hydrogen) atoms. The molecule has 1 nitrogen and oxygen atoms in total. The van der Waals surface area contributed by atoms with E-state index in [2.05, 4.69) is 0 Å². The van der Waals surface area contributed by atoms with E-state index in [4.69, 9.17) is 5.73 Å². The van der Waals surface area contributed by atoms with E-state index < -0.39 is 17.7 Å². The molecule has 0 radical (unpaired) electrons. The third kappa shape index (κ3) is 2.94. The third-order valence-electron chi connectivity index (χ3n) is 3.32. The predicted octanol–water partition coefficient (Wildman–Crippen LogP) is 4.56. The Morgan fingerprint density at radius 3 is 2.43 bits per heavy atom. The molecule has 0 fully saturated rings. The standard InChI is InChI=1S/C16H12F3NS/c17-11-3-1-9(13(19)7-11)5-14(20)16-6-10-2-4-12(18)8-15(10)21-16/h1-4,6-8,14H,5,20H2. The molecule has 5 heteroatoms. The zero-order valence-electron chi connectivity index (χ0n) is 10.9. The molecule has 2 aromatic carbocycles. The van der Waals surface area contributed by atoms with Gasteiger partial charge in [0, 0.05) is 21.7 Å². The maximum atomic E-state index is 13.6. The van der Waals surface area contributed by atoms with E-state index in [1.165, 1.54) is 35.6 Å². The molecule has 1 aromatic heterocycles. The summed E-state index contributed by atoms with van der Waals surface area (Å²) in [5, 5.41) is 0.909. The van der Waals surface area contributed by atoms with Crippen molar-refractivity contribution in [2.75, 3.05) is 0 Å². The molecular formula is C16H12F3NS. The van der Waals surface area contributed by atoms with Gasteiger partial charge in [-0.25, -0.2) is 13.2 Å². The summed E-state index contributed by atoms with van der Waals surface area (Å²) in [6.45, 7) is 0. The van der Waals surface area contributed by atoms with Crippen molar-refractivity contribution in [3.63, 3.8) is 0 Å². The zero-order chi connectivity index (χ0) is 15.0. The van der Waals surface area contributed by atoms with Gasteiger partial charge in [0.2, 0.25) is 0 Å². The van der Waals surface area contributed by atoms with Crippen LogP contribution in [0.25, 0.3) is 10.1 Å². The fourth-order valence-electron chi connectivity index (χ4n) is 2.23. The van der Waals surface area contributed by atoms with Crippen LogP contribution < -0.4 is 5.73 Å². The number of halogens is 3. The van der Waals surface area contributed by atoms with Crippen LogP contribution in [0.5, 0.6) is 0 Å². The number of hydrogen-bond donors (Lipinski definition) is 1. The highest BCUT2D eigenvalue weighted by molar-refractivity contribution is 7.19. The quantitative estimate of drug-likeness (QED) is 0.754. The Morgan fingerprint density at radius 1 is 0.952 bits per heavy atom. The van der Waals surface area contributed by atoms with Gasteiger partial charge in [-0.1, -0.05) is 12.1 Å². The van der Waals surface area contributed by atoms with Gasteiger partial charge >= 0.3 is 0 Å². The molecule has 1 heterocycles. The molecule has 0 aliphatic carbocycles. The average molecular weight is 307 g/mol. The number of hydrogen-bond acceptors (Lipinski definition) is 2. The Hall–Kier alpha value is -1.85. The molecule has 108 valence electrons. The van der Waals surface area contributed by atoms with Crippen molar-refractivity contribution in [2.45, 2.75) is 12.5 Å². The molecule has 0 saturated carbocycles. The van der Waals surface area contributed by atoms with Crippen molar-refractivity contribution >= 4 is 21.4 Å². The highest BCUT2D eigenvalue weighted by Gasteiger charge is 2.14. The fraction of sp³-hybridized carbons (Fsp3) is 0.125. The Kier molecular flexibility index (Phi) is 3.69. The lowest BCUT2D eigenvalue weighted by Gasteiger charge is -2.10. The number of benzene rings is 2. The van der Waals surface area contributed by atoms with Crippen LogP contribution in [0.2, 0.25) is 0 Å². The molecule has 3 aromatic rings. The molecule has 0 aliphatic heterocycles. The Labute approximate surface area is 123 Å². The van der Waals surface area contributed by atoms with Crippen LogP contribution >= 0.6 is 11.3 Å². The first-order valence-electron chi connectivity index (χ1n) is 6.41. The van der Waals surface area contributed by atoms with Crippen molar-refractivity contribution in [1.29, 1.82) is 0 Å². The molecule has 0 amide bonds. The fourth-order valence-corrected chi connectivity index (χ4v) is 3.32. The molecule has 0 spiro atoms. The summed E-state index contributed by atoms with van der Waals surface area (Å²) in [4.78, 5) is 0.847. The number of thiophene rings is 1. The second kappa shape index (κ2) is 5.50. The van der Waals surface area contributed by atoms with Gasteiger partial charge in [-0.15, -0.1) is 11.3 Å². The second-order valence-electron chi connectivity index (χ2n) is 4.88. The number of rotatable bonds is 3. The SMILES string of the molecule is NC(Cc1ccc(F)cc1F)c1cc2ccc(F)cc2s1. The number of fused-ring (bicyclic) bond motifs is 1. The van der Waals surface area contributed by atoms with E-state index in [0.717, 1.165) is 21.0 Å². The van der Waals surface area contributed by atoms with Crippen molar-refractivity contribution in [3.8, 4) is 0 Å². The molecule has 0 saturated heterocycles. The topological polar surface area (TPSA) is 26.0 Å². The first-order chi connectivity index (χ1) is 10.0. The van der Waals surface area contributed by atoms with E-state index >= 15 is 0 Å². The van der Waals surface area contributed by atoms with Gasteiger partial charge in [-0.2, -0.15) is 0 Å². The summed E-state index contributed by atoms with van der Waals surface area (Å²) in [6, 6.07) is 9.47. The van der Waals surface area contributed by atoms with Gasteiger partial charge in [0.05, 0.1) is 0 Å². The normalized spacial score (nSPS) is 12.8.